The van der Waals surface area contributed by atoms with Crippen molar-refractivity contribution in [1.82, 2.24) is 0 Å². The summed E-state index contributed by atoms with van der Waals surface area (Å²) >= 11 is 0. The third kappa shape index (κ3) is 4.35. The molecule has 0 heterocycles. The molecule has 0 spiro atoms. The maximum absolute atomic E-state index is 12.0. The Morgan fingerprint density at radius 2 is 1.67 bits per heavy atom. The average molecular weight is 283 g/mol. The minimum Gasteiger partial charge on any atom is -0.493 e. The van der Waals surface area contributed by atoms with Gasteiger partial charge in [0.1, 0.15) is 5.75 Å². The Labute approximate surface area is 126 Å². The summed E-state index contributed by atoms with van der Waals surface area (Å²) in [5, 5.41) is 2.97. The van der Waals surface area contributed by atoms with Crippen LogP contribution >= 0.6 is 0 Å². The number of benzene rings is 2. The fourth-order valence-corrected chi connectivity index (χ4v) is 2.36. The summed E-state index contributed by atoms with van der Waals surface area (Å²) in [4.78, 5) is 12.0. The van der Waals surface area contributed by atoms with Crippen LogP contribution < -0.4 is 10.1 Å². The Kier molecular flexibility index (Phi) is 4.99. The molecule has 0 fully saturated rings. The third-order valence-corrected chi connectivity index (χ3v) is 3.28. The Morgan fingerprint density at radius 3 is 2.29 bits per heavy atom. The van der Waals surface area contributed by atoms with Gasteiger partial charge in [-0.3, -0.25) is 4.79 Å². The number of nitrogens with one attached hydrogen (secondary N) is 1. The van der Waals surface area contributed by atoms with Crippen LogP contribution in [0, 0.1) is 20.8 Å². The van der Waals surface area contributed by atoms with E-state index in [-0.39, 0.29) is 5.91 Å². The zero-order valence-corrected chi connectivity index (χ0v) is 12.8. The van der Waals surface area contributed by atoms with Crippen LogP contribution in [-0.4, -0.2) is 12.5 Å². The molecule has 2 aromatic rings. The van der Waals surface area contributed by atoms with Gasteiger partial charge in [-0.2, -0.15) is 0 Å². The molecule has 0 aliphatic carbocycles. The summed E-state index contributed by atoms with van der Waals surface area (Å²) in [5.74, 6) is 0.758. The summed E-state index contributed by atoms with van der Waals surface area (Å²) in [6.45, 7) is 6.45. The number of amides is 1. The molecule has 2 rings (SSSR count). The van der Waals surface area contributed by atoms with E-state index < -0.39 is 0 Å². The molecule has 0 aliphatic rings. The molecule has 1 N–H and O–H groups in total. The van der Waals surface area contributed by atoms with Crippen LogP contribution in [0.4, 0.5) is 5.69 Å². The summed E-state index contributed by atoms with van der Waals surface area (Å²) in [7, 11) is 0. The fraction of sp³-hybridized carbons (Fsp3) is 0.278. The molecule has 3 heteroatoms. The normalized spacial score (nSPS) is 10.2. The number of hydrogen-bond donors (Lipinski definition) is 1. The molecule has 0 bridgehead atoms. The highest BCUT2D eigenvalue weighted by molar-refractivity contribution is 5.92. The van der Waals surface area contributed by atoms with Gasteiger partial charge in [0.15, 0.2) is 0 Å². The van der Waals surface area contributed by atoms with Crippen molar-refractivity contribution in [3.8, 4) is 5.75 Å². The van der Waals surface area contributed by atoms with Gasteiger partial charge in [0.05, 0.1) is 13.0 Å². The number of aryl methyl sites for hydroxylation is 3. The topological polar surface area (TPSA) is 38.3 Å². The highest BCUT2D eigenvalue weighted by Crippen LogP contribution is 2.22. The first-order chi connectivity index (χ1) is 10.1. The fourth-order valence-electron chi connectivity index (χ4n) is 2.36. The van der Waals surface area contributed by atoms with Gasteiger partial charge in [-0.05, 0) is 44.0 Å². The van der Waals surface area contributed by atoms with E-state index in [4.69, 9.17) is 4.74 Å². The van der Waals surface area contributed by atoms with E-state index in [1.807, 2.05) is 44.2 Å². The largest absolute Gasteiger partial charge is 0.493 e. The van der Waals surface area contributed by atoms with Crippen LogP contribution in [0.2, 0.25) is 0 Å². The summed E-state index contributed by atoms with van der Waals surface area (Å²) < 4.78 is 5.53. The van der Waals surface area contributed by atoms with Crippen molar-refractivity contribution in [2.45, 2.75) is 27.2 Å². The first kappa shape index (κ1) is 15.1. The number of anilines is 1. The van der Waals surface area contributed by atoms with Gasteiger partial charge < -0.3 is 10.1 Å². The zero-order chi connectivity index (χ0) is 15.2. The lowest BCUT2D eigenvalue weighted by Gasteiger charge is -2.13. The van der Waals surface area contributed by atoms with Crippen molar-refractivity contribution in [2.75, 3.05) is 11.9 Å². The van der Waals surface area contributed by atoms with E-state index in [2.05, 4.69) is 24.4 Å². The van der Waals surface area contributed by atoms with Gasteiger partial charge in [0.2, 0.25) is 5.91 Å². The summed E-state index contributed by atoms with van der Waals surface area (Å²) in [6.07, 6.45) is 0.335. The first-order valence-electron chi connectivity index (χ1n) is 7.12. The molecule has 3 nitrogen and oxygen atoms in total. The van der Waals surface area contributed by atoms with E-state index in [0.29, 0.717) is 13.0 Å². The van der Waals surface area contributed by atoms with Crippen LogP contribution in [0.3, 0.4) is 0 Å². The first-order valence-corrected chi connectivity index (χ1v) is 7.12. The van der Waals surface area contributed by atoms with Crippen molar-refractivity contribution in [3.63, 3.8) is 0 Å². The Morgan fingerprint density at radius 1 is 1.05 bits per heavy atom. The molecule has 0 unspecified atom stereocenters. The molecule has 0 atom stereocenters. The number of ether oxygens (including phenoxy) is 1. The van der Waals surface area contributed by atoms with Crippen molar-refractivity contribution in [3.05, 3.63) is 59.2 Å². The van der Waals surface area contributed by atoms with Crippen LogP contribution in [-0.2, 0) is 4.79 Å². The Balaban J connectivity index is 1.88. The molecule has 21 heavy (non-hydrogen) atoms. The van der Waals surface area contributed by atoms with Crippen LogP contribution in [0.5, 0.6) is 5.75 Å². The molecular weight excluding hydrogens is 262 g/mol. The molecule has 1 amide bonds. The van der Waals surface area contributed by atoms with Crippen molar-refractivity contribution in [1.29, 1.82) is 0 Å². The highest BCUT2D eigenvalue weighted by Gasteiger charge is 2.08. The maximum atomic E-state index is 12.0. The predicted octanol–water partition coefficient (Wildman–Crippen LogP) is 4.02. The molecule has 0 aromatic heterocycles. The lowest BCUT2D eigenvalue weighted by atomic mass is 10.1. The monoisotopic (exact) mass is 283 g/mol. The molecule has 0 radical (unpaired) electrons. The Bertz CT molecular complexity index is 597. The molecule has 0 aliphatic heterocycles. The SMILES string of the molecule is Cc1cc(C)c(NC(=O)CCOc2ccccc2)c(C)c1. The molecule has 0 saturated heterocycles. The van der Waals surface area contributed by atoms with Crippen molar-refractivity contribution in [2.24, 2.45) is 0 Å². The smallest absolute Gasteiger partial charge is 0.227 e. The standard InChI is InChI=1S/C18H21NO2/c1-13-11-14(2)18(15(3)12-13)19-17(20)9-10-21-16-7-5-4-6-8-16/h4-8,11-12H,9-10H2,1-3H3,(H,19,20). The minimum absolute atomic E-state index is 0.0269. The van der Waals surface area contributed by atoms with E-state index in [1.54, 1.807) is 0 Å². The summed E-state index contributed by atoms with van der Waals surface area (Å²) in [5.41, 5.74) is 4.29. The predicted molar refractivity (Wildman–Crippen MR) is 85.8 cm³/mol. The van der Waals surface area contributed by atoms with Crippen molar-refractivity contribution < 1.29 is 9.53 Å². The van der Waals surface area contributed by atoms with Gasteiger partial charge in [0.25, 0.3) is 0 Å². The molecular formula is C18H21NO2. The number of carbonyl (C=O) groups excluding carboxylic acids is 1. The van der Waals surface area contributed by atoms with Gasteiger partial charge >= 0.3 is 0 Å². The summed E-state index contributed by atoms with van der Waals surface area (Å²) in [6, 6.07) is 13.7. The number of rotatable bonds is 5. The number of carbonyl (C=O) groups is 1. The molecule has 2 aromatic carbocycles. The van der Waals surface area contributed by atoms with Crippen LogP contribution in [0.1, 0.15) is 23.1 Å². The molecule has 110 valence electrons. The second-order valence-corrected chi connectivity index (χ2v) is 5.23. The lowest BCUT2D eigenvalue weighted by Crippen LogP contribution is -2.16. The van der Waals surface area contributed by atoms with E-state index in [9.17, 15) is 4.79 Å². The van der Waals surface area contributed by atoms with E-state index >= 15 is 0 Å². The Hall–Kier alpha value is -2.29. The lowest BCUT2D eigenvalue weighted by molar-refractivity contribution is -0.116. The quantitative estimate of drug-likeness (QED) is 0.900. The van der Waals surface area contributed by atoms with Gasteiger partial charge in [-0.1, -0.05) is 35.9 Å². The second-order valence-electron chi connectivity index (χ2n) is 5.23. The van der Waals surface area contributed by atoms with Crippen LogP contribution in [0.25, 0.3) is 0 Å². The van der Waals surface area contributed by atoms with Gasteiger partial charge in [0, 0.05) is 5.69 Å². The van der Waals surface area contributed by atoms with E-state index in [1.165, 1.54) is 5.56 Å². The highest BCUT2D eigenvalue weighted by atomic mass is 16.5. The second kappa shape index (κ2) is 6.93. The zero-order valence-electron chi connectivity index (χ0n) is 12.8. The maximum Gasteiger partial charge on any atom is 0.227 e. The van der Waals surface area contributed by atoms with Crippen LogP contribution in [0.15, 0.2) is 42.5 Å². The minimum atomic E-state index is -0.0269. The number of para-hydroxylation sites is 1. The molecule has 0 saturated carbocycles. The third-order valence-electron chi connectivity index (χ3n) is 3.28. The van der Waals surface area contributed by atoms with E-state index in [0.717, 1.165) is 22.6 Å². The van der Waals surface area contributed by atoms with Gasteiger partial charge in [-0.25, -0.2) is 0 Å². The average Bonchev–Trinajstić information content (AvgIpc) is 2.44. The van der Waals surface area contributed by atoms with Gasteiger partial charge in [-0.15, -0.1) is 0 Å². The van der Waals surface area contributed by atoms with Crippen molar-refractivity contribution >= 4 is 11.6 Å². The number of hydrogen-bond acceptors (Lipinski definition) is 2.